The minimum atomic E-state index is 0.457. The van der Waals surface area contributed by atoms with Crippen LogP contribution in [-0.4, -0.2) is 11.0 Å². The van der Waals surface area contributed by atoms with E-state index in [-0.39, 0.29) is 0 Å². The number of rotatable bonds is 7. The molecule has 1 aromatic carbocycles. The van der Waals surface area contributed by atoms with E-state index in [1.165, 1.54) is 32.1 Å². The first-order valence-electron chi connectivity index (χ1n) is 7.52. The van der Waals surface area contributed by atoms with E-state index >= 15 is 0 Å². The lowest BCUT2D eigenvalue weighted by Gasteiger charge is -2.16. The number of nitrogens with one attached hydrogen (secondary N) is 1. The lowest BCUT2D eigenvalue weighted by Crippen LogP contribution is -2.15. The molecule has 0 aliphatic carbocycles. The third-order valence-corrected chi connectivity index (χ3v) is 3.94. The number of benzene rings is 1. The zero-order valence-electron chi connectivity index (χ0n) is 12.3. The molecule has 2 rings (SSSR count). The summed E-state index contributed by atoms with van der Waals surface area (Å²) >= 11 is 6.22. The van der Waals surface area contributed by atoms with Crippen LogP contribution in [0, 0.1) is 0 Å². The second-order valence-electron chi connectivity index (χ2n) is 5.39. The van der Waals surface area contributed by atoms with E-state index in [0.717, 1.165) is 21.6 Å². The second kappa shape index (κ2) is 7.49. The lowest BCUT2D eigenvalue weighted by atomic mass is 10.1. The molecule has 0 spiro atoms. The molecule has 1 heterocycles. The molecule has 1 unspecified atom stereocenters. The van der Waals surface area contributed by atoms with Crippen LogP contribution in [0.3, 0.4) is 0 Å². The number of unbranched alkanes of at least 4 members (excludes halogenated alkanes) is 3. The second-order valence-corrected chi connectivity index (χ2v) is 5.80. The maximum absolute atomic E-state index is 6.22. The van der Waals surface area contributed by atoms with E-state index in [0.29, 0.717) is 6.04 Å². The molecule has 2 nitrogen and oxygen atoms in total. The molecule has 1 aromatic heterocycles. The molecule has 0 bridgehead atoms. The molecule has 108 valence electrons. The van der Waals surface area contributed by atoms with Gasteiger partial charge in [0.05, 0.1) is 16.2 Å². The van der Waals surface area contributed by atoms with Gasteiger partial charge in [-0.3, -0.25) is 4.98 Å². The number of nitrogens with zero attached hydrogens (tertiary/aromatic N) is 1. The van der Waals surface area contributed by atoms with Gasteiger partial charge in [0, 0.05) is 17.6 Å². The van der Waals surface area contributed by atoms with E-state index in [4.69, 9.17) is 11.6 Å². The fraction of sp³-hybridized carbons (Fsp3) is 0.471. The molecule has 3 heteroatoms. The molecule has 0 saturated carbocycles. The number of hydrogen-bond acceptors (Lipinski definition) is 2. The SMILES string of the molecule is CCCCCCC(C)Nc1ccc(Cl)c2cccnc12. The quantitative estimate of drug-likeness (QED) is 0.666. The fourth-order valence-electron chi connectivity index (χ4n) is 2.47. The topological polar surface area (TPSA) is 24.9 Å². The molecule has 20 heavy (non-hydrogen) atoms. The first-order chi connectivity index (χ1) is 9.72. The van der Waals surface area contributed by atoms with Gasteiger partial charge < -0.3 is 5.32 Å². The van der Waals surface area contributed by atoms with Gasteiger partial charge >= 0.3 is 0 Å². The van der Waals surface area contributed by atoms with Crippen LogP contribution in [0.15, 0.2) is 30.5 Å². The average molecular weight is 291 g/mol. The summed E-state index contributed by atoms with van der Waals surface area (Å²) in [6.07, 6.45) is 8.22. The zero-order valence-corrected chi connectivity index (χ0v) is 13.1. The van der Waals surface area contributed by atoms with E-state index < -0.39 is 0 Å². The van der Waals surface area contributed by atoms with E-state index in [1.54, 1.807) is 0 Å². The third-order valence-electron chi connectivity index (χ3n) is 3.61. The predicted octanol–water partition coefficient (Wildman–Crippen LogP) is 5.66. The largest absolute Gasteiger partial charge is 0.381 e. The Morgan fingerprint density at radius 2 is 2.05 bits per heavy atom. The van der Waals surface area contributed by atoms with Crippen molar-refractivity contribution in [2.75, 3.05) is 5.32 Å². The van der Waals surface area contributed by atoms with Gasteiger partial charge in [-0.15, -0.1) is 0 Å². The maximum atomic E-state index is 6.22. The number of hydrogen-bond donors (Lipinski definition) is 1. The maximum Gasteiger partial charge on any atom is 0.0948 e. The summed E-state index contributed by atoms with van der Waals surface area (Å²) < 4.78 is 0. The van der Waals surface area contributed by atoms with Crippen molar-refractivity contribution >= 4 is 28.2 Å². The van der Waals surface area contributed by atoms with Crippen LogP contribution in [0.4, 0.5) is 5.69 Å². The van der Waals surface area contributed by atoms with Crippen molar-refractivity contribution < 1.29 is 0 Å². The smallest absolute Gasteiger partial charge is 0.0948 e. The minimum absolute atomic E-state index is 0.457. The van der Waals surface area contributed by atoms with Crippen LogP contribution in [0.5, 0.6) is 0 Å². The highest BCUT2D eigenvalue weighted by Gasteiger charge is 2.08. The van der Waals surface area contributed by atoms with Gasteiger partial charge in [-0.1, -0.05) is 44.2 Å². The Labute approximate surface area is 126 Å². The van der Waals surface area contributed by atoms with Crippen molar-refractivity contribution in [1.82, 2.24) is 4.98 Å². The van der Waals surface area contributed by atoms with E-state index in [1.807, 2.05) is 30.5 Å². The first kappa shape index (κ1) is 15.1. The van der Waals surface area contributed by atoms with Crippen LogP contribution in [0.25, 0.3) is 10.9 Å². The van der Waals surface area contributed by atoms with Crippen molar-refractivity contribution in [3.63, 3.8) is 0 Å². The van der Waals surface area contributed by atoms with Crippen LogP contribution < -0.4 is 5.32 Å². The van der Waals surface area contributed by atoms with Gasteiger partial charge in [0.25, 0.3) is 0 Å². The molecular formula is C17H23ClN2. The van der Waals surface area contributed by atoms with Crippen LogP contribution in [0.2, 0.25) is 5.02 Å². The third kappa shape index (κ3) is 3.86. The van der Waals surface area contributed by atoms with Crippen molar-refractivity contribution in [2.24, 2.45) is 0 Å². The fourth-order valence-corrected chi connectivity index (χ4v) is 2.68. The summed E-state index contributed by atoms with van der Waals surface area (Å²) in [6, 6.07) is 8.37. The van der Waals surface area contributed by atoms with Crippen LogP contribution in [-0.2, 0) is 0 Å². The molecule has 0 amide bonds. The van der Waals surface area contributed by atoms with E-state index in [2.05, 4.69) is 24.1 Å². The lowest BCUT2D eigenvalue weighted by molar-refractivity contribution is 0.594. The number of fused-ring (bicyclic) bond motifs is 1. The molecule has 1 N–H and O–H groups in total. The van der Waals surface area contributed by atoms with Crippen molar-refractivity contribution in [3.05, 3.63) is 35.5 Å². The Kier molecular flexibility index (Phi) is 5.66. The highest BCUT2D eigenvalue weighted by molar-refractivity contribution is 6.35. The summed E-state index contributed by atoms with van der Waals surface area (Å²) in [6.45, 7) is 4.47. The summed E-state index contributed by atoms with van der Waals surface area (Å²) in [5.41, 5.74) is 2.04. The summed E-state index contributed by atoms with van der Waals surface area (Å²) in [4.78, 5) is 4.46. The molecular weight excluding hydrogens is 268 g/mol. The Hall–Kier alpha value is -1.28. The molecule has 0 radical (unpaired) electrons. The summed E-state index contributed by atoms with van der Waals surface area (Å²) in [5, 5.41) is 5.34. The van der Waals surface area contributed by atoms with Gasteiger partial charge in [0.15, 0.2) is 0 Å². The minimum Gasteiger partial charge on any atom is -0.381 e. The Morgan fingerprint density at radius 3 is 2.85 bits per heavy atom. The highest BCUT2D eigenvalue weighted by Crippen LogP contribution is 2.28. The predicted molar refractivity (Wildman–Crippen MR) is 88.6 cm³/mol. The van der Waals surface area contributed by atoms with Gasteiger partial charge in [-0.05, 0) is 37.6 Å². The Balaban J connectivity index is 2.04. The Morgan fingerprint density at radius 1 is 1.20 bits per heavy atom. The number of aromatic nitrogens is 1. The number of anilines is 1. The Bertz CT molecular complexity index is 554. The molecule has 2 aromatic rings. The molecule has 0 aliphatic heterocycles. The van der Waals surface area contributed by atoms with Crippen molar-refractivity contribution in [2.45, 2.75) is 52.0 Å². The van der Waals surface area contributed by atoms with Crippen molar-refractivity contribution in [1.29, 1.82) is 0 Å². The van der Waals surface area contributed by atoms with Crippen molar-refractivity contribution in [3.8, 4) is 0 Å². The molecule has 0 saturated heterocycles. The monoisotopic (exact) mass is 290 g/mol. The van der Waals surface area contributed by atoms with Gasteiger partial charge in [0.1, 0.15) is 0 Å². The van der Waals surface area contributed by atoms with Crippen LogP contribution >= 0.6 is 11.6 Å². The highest BCUT2D eigenvalue weighted by atomic mass is 35.5. The standard InChI is InChI=1S/C17H23ClN2/c1-3-4-5-6-8-13(2)20-16-11-10-15(18)14-9-7-12-19-17(14)16/h7,9-13,20H,3-6,8H2,1-2H3. The van der Waals surface area contributed by atoms with Gasteiger partial charge in [0.2, 0.25) is 0 Å². The summed E-state index contributed by atoms with van der Waals surface area (Å²) in [5.74, 6) is 0. The number of halogens is 1. The average Bonchev–Trinajstić information content (AvgIpc) is 2.47. The summed E-state index contributed by atoms with van der Waals surface area (Å²) in [7, 11) is 0. The van der Waals surface area contributed by atoms with Gasteiger partial charge in [-0.25, -0.2) is 0 Å². The number of pyridine rings is 1. The van der Waals surface area contributed by atoms with Crippen LogP contribution in [0.1, 0.15) is 46.0 Å². The molecule has 1 atom stereocenters. The van der Waals surface area contributed by atoms with Gasteiger partial charge in [-0.2, -0.15) is 0 Å². The molecule has 0 aliphatic rings. The zero-order chi connectivity index (χ0) is 14.4. The molecule has 0 fully saturated rings. The normalized spacial score (nSPS) is 12.6. The van der Waals surface area contributed by atoms with E-state index in [9.17, 15) is 0 Å². The first-order valence-corrected chi connectivity index (χ1v) is 7.90.